The molecule has 0 saturated carbocycles. The van der Waals surface area contributed by atoms with E-state index in [0.717, 1.165) is 48.3 Å². The number of nitrogens with zero attached hydrogens (tertiary/aromatic N) is 5. The molecular weight excluding hydrogens is 513 g/mol. The van der Waals surface area contributed by atoms with Crippen LogP contribution in [0.2, 0.25) is 0 Å². The van der Waals surface area contributed by atoms with E-state index in [9.17, 15) is 4.79 Å². The molecule has 0 atom stereocenters. The van der Waals surface area contributed by atoms with E-state index in [1.165, 1.54) is 0 Å². The quantitative estimate of drug-likeness (QED) is 0.456. The Kier molecular flexibility index (Phi) is 7.41. The van der Waals surface area contributed by atoms with Crippen LogP contribution in [0, 0.1) is 5.82 Å². The SMILES string of the molecule is COC1(c2ccc(-c3cc4c(N5CCN(C(=O)OC6COC6)CC5)ccnn4c3)c(F)c2)CCN(C(C)C)CC1. The van der Waals surface area contributed by atoms with Crippen LogP contribution >= 0.6 is 0 Å². The van der Waals surface area contributed by atoms with E-state index in [2.05, 4.69) is 28.7 Å². The van der Waals surface area contributed by atoms with E-state index in [0.29, 0.717) is 51.0 Å². The molecule has 0 spiro atoms. The molecule has 214 valence electrons. The Morgan fingerprint density at radius 2 is 1.82 bits per heavy atom. The molecule has 2 aromatic heterocycles. The maximum absolute atomic E-state index is 15.7. The minimum atomic E-state index is -0.467. The van der Waals surface area contributed by atoms with Gasteiger partial charge in [0.2, 0.25) is 0 Å². The molecular formula is C30H38FN5O4. The molecule has 5 heterocycles. The van der Waals surface area contributed by atoms with E-state index in [-0.39, 0.29) is 18.0 Å². The van der Waals surface area contributed by atoms with Crippen LogP contribution in [0.1, 0.15) is 32.3 Å². The molecule has 10 heteroatoms. The second kappa shape index (κ2) is 11.0. The Balaban J connectivity index is 1.19. The molecule has 3 saturated heterocycles. The highest BCUT2D eigenvalue weighted by molar-refractivity contribution is 5.80. The number of ether oxygens (including phenoxy) is 3. The van der Waals surface area contributed by atoms with Crippen molar-refractivity contribution in [1.29, 1.82) is 0 Å². The zero-order chi connectivity index (χ0) is 27.9. The number of amides is 1. The van der Waals surface area contributed by atoms with Crippen LogP contribution in [-0.2, 0) is 19.8 Å². The Labute approximate surface area is 234 Å². The van der Waals surface area contributed by atoms with Gasteiger partial charge in [-0.25, -0.2) is 13.7 Å². The van der Waals surface area contributed by atoms with Crippen LogP contribution in [0.3, 0.4) is 0 Å². The predicted octanol–water partition coefficient (Wildman–Crippen LogP) is 4.14. The molecule has 40 heavy (non-hydrogen) atoms. The number of hydrogen-bond donors (Lipinski definition) is 0. The van der Waals surface area contributed by atoms with Gasteiger partial charge in [0.1, 0.15) is 5.82 Å². The average Bonchev–Trinajstić information content (AvgIpc) is 3.39. The second-order valence-corrected chi connectivity index (χ2v) is 11.3. The van der Waals surface area contributed by atoms with Gasteiger partial charge in [-0.3, -0.25) is 0 Å². The van der Waals surface area contributed by atoms with Crippen LogP contribution in [0.15, 0.2) is 42.7 Å². The van der Waals surface area contributed by atoms with Gasteiger partial charge < -0.3 is 28.9 Å². The number of piperidine rings is 1. The first-order chi connectivity index (χ1) is 19.4. The lowest BCUT2D eigenvalue weighted by Crippen LogP contribution is -2.51. The number of likely N-dealkylation sites (tertiary alicyclic amines) is 1. The molecule has 9 nitrogen and oxygen atoms in total. The first-order valence-corrected chi connectivity index (χ1v) is 14.2. The van der Waals surface area contributed by atoms with Crippen molar-refractivity contribution < 1.29 is 23.4 Å². The van der Waals surface area contributed by atoms with Crippen molar-refractivity contribution in [3.63, 3.8) is 0 Å². The van der Waals surface area contributed by atoms with Crippen molar-refractivity contribution in [2.75, 3.05) is 64.5 Å². The third-order valence-electron chi connectivity index (χ3n) is 8.77. The standard InChI is InChI=1S/C30H38FN5O4/c1-21(2)33-10-7-30(38-3,8-11-33)23-4-5-25(26(31)17-23)22-16-28-27(6-9-32-36(28)18-22)34-12-14-35(15-13-34)29(37)40-24-19-39-20-24/h4-6,9,16-18,21,24H,7-8,10-15,19-20H2,1-3H3. The first kappa shape index (κ1) is 27.0. The average molecular weight is 552 g/mol. The third kappa shape index (κ3) is 5.04. The Morgan fingerprint density at radius 1 is 1.07 bits per heavy atom. The molecule has 0 bridgehead atoms. The van der Waals surface area contributed by atoms with Crippen LogP contribution in [0.4, 0.5) is 14.9 Å². The number of anilines is 1. The summed E-state index contributed by atoms with van der Waals surface area (Å²) in [6.45, 7) is 9.72. The largest absolute Gasteiger partial charge is 0.441 e. The van der Waals surface area contributed by atoms with E-state index in [4.69, 9.17) is 14.2 Å². The van der Waals surface area contributed by atoms with Crippen LogP contribution in [0.5, 0.6) is 0 Å². The first-order valence-electron chi connectivity index (χ1n) is 14.2. The van der Waals surface area contributed by atoms with Crippen molar-refractivity contribution in [3.05, 3.63) is 54.1 Å². The molecule has 0 radical (unpaired) electrons. The van der Waals surface area contributed by atoms with Crippen LogP contribution in [-0.4, -0.2) is 97.2 Å². The van der Waals surface area contributed by atoms with E-state index in [1.54, 1.807) is 28.8 Å². The van der Waals surface area contributed by atoms with E-state index >= 15 is 4.39 Å². The monoisotopic (exact) mass is 551 g/mol. The van der Waals surface area contributed by atoms with Crippen LogP contribution < -0.4 is 4.90 Å². The number of fused-ring (bicyclic) bond motifs is 1. The zero-order valence-corrected chi connectivity index (χ0v) is 23.5. The van der Waals surface area contributed by atoms with E-state index in [1.807, 2.05) is 30.5 Å². The summed E-state index contributed by atoms with van der Waals surface area (Å²) in [5.74, 6) is -0.262. The molecule has 3 aliphatic rings. The van der Waals surface area contributed by atoms with Crippen molar-refractivity contribution in [1.82, 2.24) is 19.4 Å². The van der Waals surface area contributed by atoms with Gasteiger partial charge in [0.15, 0.2) is 6.10 Å². The molecule has 1 amide bonds. The van der Waals surface area contributed by atoms with Gasteiger partial charge in [-0.2, -0.15) is 5.10 Å². The normalized spacial score (nSPS) is 20.2. The number of halogens is 1. The van der Waals surface area contributed by atoms with Crippen molar-refractivity contribution >= 4 is 17.3 Å². The summed E-state index contributed by atoms with van der Waals surface area (Å²) >= 11 is 0. The zero-order valence-electron chi connectivity index (χ0n) is 23.5. The minimum Gasteiger partial charge on any atom is -0.441 e. The number of hydrogen-bond acceptors (Lipinski definition) is 7. The molecule has 3 aromatic rings. The van der Waals surface area contributed by atoms with Gasteiger partial charge in [0.05, 0.1) is 30.0 Å². The third-order valence-corrected chi connectivity index (χ3v) is 8.77. The fraction of sp³-hybridized carbons (Fsp3) is 0.533. The molecule has 3 fully saturated rings. The fourth-order valence-electron chi connectivity index (χ4n) is 6.09. The minimum absolute atomic E-state index is 0.128. The van der Waals surface area contributed by atoms with Gasteiger partial charge in [-0.05, 0) is 50.5 Å². The molecule has 3 aliphatic heterocycles. The van der Waals surface area contributed by atoms with Gasteiger partial charge >= 0.3 is 6.09 Å². The highest BCUT2D eigenvalue weighted by Gasteiger charge is 2.37. The highest BCUT2D eigenvalue weighted by Crippen LogP contribution is 2.39. The highest BCUT2D eigenvalue weighted by atomic mass is 19.1. The van der Waals surface area contributed by atoms with Crippen molar-refractivity contribution in [2.24, 2.45) is 0 Å². The molecule has 1 aromatic carbocycles. The lowest BCUT2D eigenvalue weighted by atomic mass is 9.83. The number of aromatic nitrogens is 2. The Morgan fingerprint density at radius 3 is 2.45 bits per heavy atom. The lowest BCUT2D eigenvalue weighted by Gasteiger charge is -2.42. The topological polar surface area (TPSA) is 71.8 Å². The number of benzene rings is 1. The van der Waals surface area contributed by atoms with E-state index < -0.39 is 5.60 Å². The number of carbonyl (C=O) groups excluding carboxylic acids is 1. The predicted molar refractivity (Wildman–Crippen MR) is 150 cm³/mol. The van der Waals surface area contributed by atoms with Gasteiger partial charge in [0.25, 0.3) is 0 Å². The molecule has 6 rings (SSSR count). The lowest BCUT2D eigenvalue weighted by molar-refractivity contribution is -0.104. The van der Waals surface area contributed by atoms with Crippen molar-refractivity contribution in [3.8, 4) is 11.1 Å². The number of carbonyl (C=O) groups is 1. The number of piperazine rings is 1. The van der Waals surface area contributed by atoms with Gasteiger partial charge in [0, 0.05) is 75.9 Å². The van der Waals surface area contributed by atoms with Gasteiger partial charge in [-0.1, -0.05) is 12.1 Å². The summed E-state index contributed by atoms with van der Waals surface area (Å²) in [5.41, 5.74) is 3.65. The summed E-state index contributed by atoms with van der Waals surface area (Å²) in [6, 6.07) is 9.98. The molecule has 0 unspecified atom stereocenters. The summed E-state index contributed by atoms with van der Waals surface area (Å²) < 4.78 is 34.0. The summed E-state index contributed by atoms with van der Waals surface area (Å²) in [5, 5.41) is 4.49. The number of rotatable bonds is 6. The number of methoxy groups -OCH3 is 1. The Hall–Kier alpha value is -3.21. The molecule has 0 aliphatic carbocycles. The molecule has 0 N–H and O–H groups in total. The summed E-state index contributed by atoms with van der Waals surface area (Å²) in [4.78, 5) is 18.8. The van der Waals surface area contributed by atoms with Crippen molar-refractivity contribution in [2.45, 2.75) is 44.4 Å². The maximum atomic E-state index is 15.7. The van der Waals surface area contributed by atoms with Gasteiger partial charge in [-0.15, -0.1) is 0 Å². The van der Waals surface area contributed by atoms with Crippen LogP contribution in [0.25, 0.3) is 16.6 Å². The smallest absolute Gasteiger partial charge is 0.410 e. The maximum Gasteiger partial charge on any atom is 0.410 e. The second-order valence-electron chi connectivity index (χ2n) is 11.3. The summed E-state index contributed by atoms with van der Waals surface area (Å²) in [7, 11) is 1.73. The fourth-order valence-corrected chi connectivity index (χ4v) is 6.09. The summed E-state index contributed by atoms with van der Waals surface area (Å²) in [6.07, 6.45) is 4.90. The Bertz CT molecular complexity index is 1360.